The smallest absolute Gasteiger partial charge is 0.0595 e. The maximum Gasteiger partial charge on any atom is 0.0595 e. The van der Waals surface area contributed by atoms with E-state index in [1.807, 2.05) is 12.1 Å². The van der Waals surface area contributed by atoms with Crippen LogP contribution in [0.25, 0.3) is 0 Å². The van der Waals surface area contributed by atoms with Crippen molar-refractivity contribution in [2.24, 2.45) is 0 Å². The highest BCUT2D eigenvalue weighted by molar-refractivity contribution is 7.85. The fraction of sp³-hybridized carbons (Fsp3) is 0.500. The summed E-state index contributed by atoms with van der Waals surface area (Å²) in [6, 6.07) is 6.07. The molecule has 3 unspecified atom stereocenters. The first-order chi connectivity index (χ1) is 8.06. The van der Waals surface area contributed by atoms with Gasteiger partial charge in [-0.05, 0) is 31.0 Å². The van der Waals surface area contributed by atoms with Crippen molar-refractivity contribution in [3.05, 3.63) is 33.8 Å². The Labute approximate surface area is 114 Å². The van der Waals surface area contributed by atoms with Gasteiger partial charge >= 0.3 is 0 Å². The molecule has 1 aliphatic heterocycles. The molecule has 3 atom stereocenters. The molecule has 2 nitrogen and oxygen atoms in total. The maximum atomic E-state index is 11.8. The van der Waals surface area contributed by atoms with Gasteiger partial charge in [0.25, 0.3) is 0 Å². The molecule has 1 saturated heterocycles. The quantitative estimate of drug-likeness (QED) is 0.861. The average Bonchev–Trinajstić information content (AvgIpc) is 2.45. The number of halogens is 2. The number of nitrogens with one attached hydrogen (secondary N) is 1. The van der Waals surface area contributed by atoms with Crippen molar-refractivity contribution in [2.45, 2.75) is 25.4 Å². The Hall–Kier alpha value is -0.0900. The minimum atomic E-state index is -0.759. The van der Waals surface area contributed by atoms with Crippen LogP contribution < -0.4 is 5.32 Å². The van der Waals surface area contributed by atoms with Crippen LogP contribution in [-0.2, 0) is 10.8 Å². The van der Waals surface area contributed by atoms with Gasteiger partial charge in [0.2, 0.25) is 0 Å². The lowest BCUT2D eigenvalue weighted by Gasteiger charge is -2.19. The first-order valence-corrected chi connectivity index (χ1v) is 7.86. The second kappa shape index (κ2) is 5.70. The molecular weight excluding hydrogens is 277 g/mol. The van der Waals surface area contributed by atoms with Crippen molar-refractivity contribution in [1.29, 1.82) is 0 Å². The van der Waals surface area contributed by atoms with E-state index in [4.69, 9.17) is 23.2 Å². The van der Waals surface area contributed by atoms with Gasteiger partial charge in [-0.2, -0.15) is 0 Å². The zero-order valence-corrected chi connectivity index (χ0v) is 11.9. The number of hydrogen-bond donors (Lipinski definition) is 1. The molecule has 0 radical (unpaired) electrons. The molecule has 0 amide bonds. The van der Waals surface area contributed by atoms with Crippen LogP contribution in [0.3, 0.4) is 0 Å². The predicted molar refractivity (Wildman–Crippen MR) is 74.3 cm³/mol. The Morgan fingerprint density at radius 2 is 2.12 bits per heavy atom. The SMILES string of the molecule is CC1CCS(=O)CC(c2ccc(Cl)c(Cl)c2)N1. The third kappa shape index (κ3) is 3.44. The van der Waals surface area contributed by atoms with Gasteiger partial charge < -0.3 is 5.32 Å². The zero-order valence-electron chi connectivity index (χ0n) is 9.58. The monoisotopic (exact) mass is 291 g/mol. The van der Waals surface area contributed by atoms with E-state index in [0.717, 1.165) is 17.7 Å². The molecule has 0 spiro atoms. The lowest BCUT2D eigenvalue weighted by Crippen LogP contribution is -2.30. The molecule has 1 aromatic carbocycles. The van der Waals surface area contributed by atoms with Gasteiger partial charge in [-0.15, -0.1) is 0 Å². The average molecular weight is 292 g/mol. The summed E-state index contributed by atoms with van der Waals surface area (Å²) in [4.78, 5) is 0. The second-order valence-electron chi connectivity index (χ2n) is 4.39. The second-order valence-corrected chi connectivity index (χ2v) is 6.83. The molecule has 1 fully saturated rings. The van der Waals surface area contributed by atoms with E-state index in [-0.39, 0.29) is 6.04 Å². The Bertz CT molecular complexity index is 439. The summed E-state index contributed by atoms with van der Waals surface area (Å²) in [6.45, 7) is 2.12. The molecule has 5 heteroatoms. The van der Waals surface area contributed by atoms with Crippen molar-refractivity contribution < 1.29 is 4.21 Å². The van der Waals surface area contributed by atoms with Crippen LogP contribution in [0.1, 0.15) is 24.9 Å². The van der Waals surface area contributed by atoms with Gasteiger partial charge in [-0.1, -0.05) is 29.3 Å². The number of rotatable bonds is 1. The van der Waals surface area contributed by atoms with Gasteiger partial charge in [-0.3, -0.25) is 4.21 Å². The normalized spacial score (nSPS) is 29.9. The van der Waals surface area contributed by atoms with Gasteiger partial charge in [0, 0.05) is 34.4 Å². The van der Waals surface area contributed by atoms with Crippen LogP contribution in [0.15, 0.2) is 18.2 Å². The maximum absolute atomic E-state index is 11.8. The molecule has 1 aliphatic rings. The first kappa shape index (κ1) is 13.3. The van der Waals surface area contributed by atoms with Crippen molar-refractivity contribution in [3.63, 3.8) is 0 Å². The topological polar surface area (TPSA) is 29.1 Å². The van der Waals surface area contributed by atoms with Crippen molar-refractivity contribution in [1.82, 2.24) is 5.32 Å². The van der Waals surface area contributed by atoms with Crippen LogP contribution in [0.2, 0.25) is 10.0 Å². The third-order valence-corrected chi connectivity index (χ3v) is 5.10. The highest BCUT2D eigenvalue weighted by Gasteiger charge is 2.22. The van der Waals surface area contributed by atoms with Gasteiger partial charge in [-0.25, -0.2) is 0 Å². The van der Waals surface area contributed by atoms with Crippen LogP contribution in [0, 0.1) is 0 Å². The van der Waals surface area contributed by atoms with Crippen molar-refractivity contribution >= 4 is 34.0 Å². The van der Waals surface area contributed by atoms with E-state index in [2.05, 4.69) is 12.2 Å². The lowest BCUT2D eigenvalue weighted by atomic mass is 10.1. The molecule has 0 aromatic heterocycles. The Balaban J connectivity index is 2.24. The largest absolute Gasteiger partial charge is 0.307 e. The highest BCUT2D eigenvalue weighted by Crippen LogP contribution is 2.27. The molecule has 1 heterocycles. The lowest BCUT2D eigenvalue weighted by molar-refractivity contribution is 0.484. The summed E-state index contributed by atoms with van der Waals surface area (Å²) >= 11 is 11.9. The first-order valence-electron chi connectivity index (χ1n) is 5.62. The standard InChI is InChI=1S/C12H15Cl2NOS/c1-8-4-5-17(16)7-12(15-8)9-2-3-10(13)11(14)6-9/h2-3,6,8,12,15H,4-5,7H2,1H3. The molecule has 94 valence electrons. The molecular formula is C12H15Cl2NOS. The molecule has 0 aliphatic carbocycles. The fourth-order valence-corrected chi connectivity index (χ4v) is 3.72. The summed E-state index contributed by atoms with van der Waals surface area (Å²) in [5.74, 6) is 1.41. The van der Waals surface area contributed by atoms with Crippen LogP contribution in [0.5, 0.6) is 0 Å². The number of hydrogen-bond acceptors (Lipinski definition) is 2. The molecule has 17 heavy (non-hydrogen) atoms. The predicted octanol–water partition coefficient (Wildman–Crippen LogP) is 3.17. The van der Waals surface area contributed by atoms with E-state index in [1.165, 1.54) is 0 Å². The van der Waals surface area contributed by atoms with E-state index < -0.39 is 10.8 Å². The summed E-state index contributed by atoms with van der Waals surface area (Å²) in [7, 11) is -0.759. The van der Waals surface area contributed by atoms with E-state index in [1.54, 1.807) is 6.07 Å². The fourth-order valence-electron chi connectivity index (χ4n) is 1.97. The van der Waals surface area contributed by atoms with Crippen LogP contribution in [-0.4, -0.2) is 21.8 Å². The van der Waals surface area contributed by atoms with Crippen LogP contribution >= 0.6 is 23.2 Å². The molecule has 2 rings (SSSR count). The highest BCUT2D eigenvalue weighted by atomic mass is 35.5. The summed E-state index contributed by atoms with van der Waals surface area (Å²) in [5, 5.41) is 4.58. The van der Waals surface area contributed by atoms with Crippen LogP contribution in [0.4, 0.5) is 0 Å². The minimum Gasteiger partial charge on any atom is -0.307 e. The summed E-state index contributed by atoms with van der Waals surface area (Å²) in [5.41, 5.74) is 1.06. The van der Waals surface area contributed by atoms with Gasteiger partial charge in [0.15, 0.2) is 0 Å². The van der Waals surface area contributed by atoms with Gasteiger partial charge in [0.1, 0.15) is 0 Å². The molecule has 0 bridgehead atoms. The van der Waals surface area contributed by atoms with Crippen molar-refractivity contribution in [2.75, 3.05) is 11.5 Å². The third-order valence-electron chi connectivity index (χ3n) is 2.96. The Morgan fingerprint density at radius 1 is 1.35 bits per heavy atom. The Kier molecular flexibility index (Phi) is 4.47. The minimum absolute atomic E-state index is 0.100. The Morgan fingerprint density at radius 3 is 2.82 bits per heavy atom. The molecule has 0 saturated carbocycles. The van der Waals surface area contributed by atoms with E-state index in [0.29, 0.717) is 21.8 Å². The van der Waals surface area contributed by atoms with E-state index >= 15 is 0 Å². The summed E-state index contributed by atoms with van der Waals surface area (Å²) in [6.07, 6.45) is 0.949. The number of benzene rings is 1. The van der Waals surface area contributed by atoms with E-state index in [9.17, 15) is 4.21 Å². The van der Waals surface area contributed by atoms with Gasteiger partial charge in [0.05, 0.1) is 10.0 Å². The zero-order chi connectivity index (χ0) is 12.4. The summed E-state index contributed by atoms with van der Waals surface area (Å²) < 4.78 is 11.8. The molecule has 1 N–H and O–H groups in total. The van der Waals surface area contributed by atoms with Crippen molar-refractivity contribution in [3.8, 4) is 0 Å². The molecule has 1 aromatic rings.